The summed E-state index contributed by atoms with van der Waals surface area (Å²) in [6, 6.07) is 13.1. The number of halogens is 2. The number of nitrogens with zero attached hydrogens (tertiary/aromatic N) is 1. The molecule has 0 aliphatic carbocycles. The summed E-state index contributed by atoms with van der Waals surface area (Å²) in [5, 5.41) is 11.2. The molecular formula is C17H13F2NO. The molecule has 0 aliphatic rings. The second-order valence-electron chi connectivity index (χ2n) is 4.85. The molecule has 0 saturated heterocycles. The Morgan fingerprint density at radius 1 is 1.00 bits per heavy atom. The van der Waals surface area contributed by atoms with Crippen LogP contribution in [0.5, 0.6) is 0 Å². The summed E-state index contributed by atoms with van der Waals surface area (Å²) in [6.07, 6.45) is 0.689. The first-order chi connectivity index (χ1) is 10.2. The molecule has 1 unspecified atom stereocenters. The van der Waals surface area contributed by atoms with E-state index >= 15 is 0 Å². The van der Waals surface area contributed by atoms with Crippen LogP contribution in [0.2, 0.25) is 0 Å². The monoisotopic (exact) mass is 285 g/mol. The lowest BCUT2D eigenvalue weighted by molar-refractivity contribution is 0.178. The van der Waals surface area contributed by atoms with Crippen molar-refractivity contribution in [3.8, 4) is 0 Å². The summed E-state index contributed by atoms with van der Waals surface area (Å²) in [7, 11) is 0. The van der Waals surface area contributed by atoms with Crippen LogP contribution in [0.1, 0.15) is 17.2 Å². The van der Waals surface area contributed by atoms with E-state index in [0.717, 1.165) is 17.0 Å². The van der Waals surface area contributed by atoms with E-state index in [4.69, 9.17) is 0 Å². The SMILES string of the molecule is OC(Cc1cccc(F)c1F)c1ccnc2ccccc12. The van der Waals surface area contributed by atoms with E-state index in [0.29, 0.717) is 5.56 Å². The third-order valence-corrected chi connectivity index (χ3v) is 3.49. The van der Waals surface area contributed by atoms with E-state index in [-0.39, 0.29) is 12.0 Å². The van der Waals surface area contributed by atoms with Gasteiger partial charge in [0.25, 0.3) is 0 Å². The molecule has 0 radical (unpaired) electrons. The van der Waals surface area contributed by atoms with Gasteiger partial charge in [0.2, 0.25) is 0 Å². The fourth-order valence-electron chi connectivity index (χ4n) is 2.43. The number of aliphatic hydroxyl groups excluding tert-OH is 1. The van der Waals surface area contributed by atoms with E-state index in [9.17, 15) is 13.9 Å². The van der Waals surface area contributed by atoms with Gasteiger partial charge in [-0.25, -0.2) is 8.78 Å². The molecule has 3 rings (SSSR count). The molecule has 0 spiro atoms. The number of benzene rings is 2. The summed E-state index contributed by atoms with van der Waals surface area (Å²) in [5.41, 5.74) is 1.57. The molecular weight excluding hydrogens is 272 g/mol. The molecule has 1 aromatic heterocycles. The maximum Gasteiger partial charge on any atom is 0.162 e. The highest BCUT2D eigenvalue weighted by molar-refractivity contribution is 5.82. The van der Waals surface area contributed by atoms with Crippen LogP contribution in [0.4, 0.5) is 8.78 Å². The van der Waals surface area contributed by atoms with Crippen molar-refractivity contribution in [1.29, 1.82) is 0 Å². The summed E-state index contributed by atoms with van der Waals surface area (Å²) in [4.78, 5) is 4.22. The zero-order chi connectivity index (χ0) is 14.8. The molecule has 2 aromatic carbocycles. The van der Waals surface area contributed by atoms with Gasteiger partial charge in [-0.2, -0.15) is 0 Å². The molecule has 0 amide bonds. The van der Waals surface area contributed by atoms with Crippen molar-refractivity contribution in [3.05, 3.63) is 77.5 Å². The molecule has 106 valence electrons. The van der Waals surface area contributed by atoms with Crippen LogP contribution in [-0.4, -0.2) is 10.1 Å². The van der Waals surface area contributed by atoms with E-state index < -0.39 is 17.7 Å². The molecule has 1 heterocycles. The molecule has 3 aromatic rings. The topological polar surface area (TPSA) is 33.1 Å². The van der Waals surface area contributed by atoms with Crippen molar-refractivity contribution in [3.63, 3.8) is 0 Å². The minimum atomic E-state index is -0.922. The van der Waals surface area contributed by atoms with Gasteiger partial charge in [0.15, 0.2) is 11.6 Å². The Morgan fingerprint density at radius 2 is 1.81 bits per heavy atom. The van der Waals surface area contributed by atoms with E-state index in [1.165, 1.54) is 12.1 Å². The zero-order valence-electron chi connectivity index (χ0n) is 11.1. The Labute approximate surface area is 120 Å². The number of pyridine rings is 1. The predicted octanol–water partition coefficient (Wildman–Crippen LogP) is 3.79. The van der Waals surface area contributed by atoms with Crippen LogP contribution in [0, 0.1) is 11.6 Å². The maximum atomic E-state index is 13.7. The van der Waals surface area contributed by atoms with Crippen LogP contribution in [0.3, 0.4) is 0 Å². The molecule has 1 atom stereocenters. The Balaban J connectivity index is 1.97. The highest BCUT2D eigenvalue weighted by Gasteiger charge is 2.16. The van der Waals surface area contributed by atoms with Crippen LogP contribution in [0.15, 0.2) is 54.7 Å². The fraction of sp³-hybridized carbons (Fsp3) is 0.118. The van der Waals surface area contributed by atoms with Gasteiger partial charge in [-0.1, -0.05) is 30.3 Å². The van der Waals surface area contributed by atoms with Crippen molar-refractivity contribution in [2.24, 2.45) is 0 Å². The number of aromatic nitrogens is 1. The molecule has 21 heavy (non-hydrogen) atoms. The minimum Gasteiger partial charge on any atom is -0.388 e. The first-order valence-electron chi connectivity index (χ1n) is 6.61. The predicted molar refractivity (Wildman–Crippen MR) is 76.8 cm³/mol. The largest absolute Gasteiger partial charge is 0.388 e. The van der Waals surface area contributed by atoms with Gasteiger partial charge < -0.3 is 5.11 Å². The Bertz CT molecular complexity index is 783. The molecule has 0 aliphatic heterocycles. The van der Waals surface area contributed by atoms with Crippen molar-refractivity contribution in [2.45, 2.75) is 12.5 Å². The van der Waals surface area contributed by atoms with Crippen LogP contribution < -0.4 is 0 Å². The quantitative estimate of drug-likeness (QED) is 0.794. The number of hydrogen-bond donors (Lipinski definition) is 1. The van der Waals surface area contributed by atoms with Crippen molar-refractivity contribution < 1.29 is 13.9 Å². The normalized spacial score (nSPS) is 12.5. The number of aliphatic hydroxyl groups is 1. The number of rotatable bonds is 3. The number of fused-ring (bicyclic) bond motifs is 1. The second-order valence-corrected chi connectivity index (χ2v) is 4.85. The van der Waals surface area contributed by atoms with Crippen molar-refractivity contribution >= 4 is 10.9 Å². The van der Waals surface area contributed by atoms with Crippen molar-refractivity contribution in [2.75, 3.05) is 0 Å². The molecule has 0 bridgehead atoms. The summed E-state index contributed by atoms with van der Waals surface area (Å²) in [5.74, 6) is -1.81. The van der Waals surface area contributed by atoms with Gasteiger partial charge in [0.05, 0.1) is 11.6 Å². The Hall–Kier alpha value is -2.33. The standard InChI is InChI=1S/C17H13F2NO/c18-14-6-3-4-11(17(14)19)10-16(21)13-8-9-20-15-7-2-1-5-12(13)15/h1-9,16,21H,10H2. The molecule has 1 N–H and O–H groups in total. The third-order valence-electron chi connectivity index (χ3n) is 3.49. The minimum absolute atomic E-state index is 0.0115. The van der Waals surface area contributed by atoms with Gasteiger partial charge in [-0.3, -0.25) is 4.98 Å². The van der Waals surface area contributed by atoms with Gasteiger partial charge in [-0.05, 0) is 29.3 Å². The third kappa shape index (κ3) is 2.62. The van der Waals surface area contributed by atoms with Gasteiger partial charge in [0, 0.05) is 18.0 Å². The van der Waals surface area contributed by atoms with Gasteiger partial charge in [-0.15, -0.1) is 0 Å². The average molecular weight is 285 g/mol. The maximum absolute atomic E-state index is 13.7. The van der Waals surface area contributed by atoms with E-state index in [1.54, 1.807) is 12.3 Å². The summed E-state index contributed by atoms with van der Waals surface area (Å²) in [6.45, 7) is 0. The average Bonchev–Trinajstić information content (AvgIpc) is 2.51. The fourth-order valence-corrected chi connectivity index (χ4v) is 2.43. The molecule has 0 fully saturated rings. The van der Waals surface area contributed by atoms with E-state index in [1.807, 2.05) is 24.3 Å². The Morgan fingerprint density at radius 3 is 2.67 bits per heavy atom. The molecule has 2 nitrogen and oxygen atoms in total. The molecule has 0 saturated carbocycles. The Kier molecular flexibility index (Phi) is 3.62. The van der Waals surface area contributed by atoms with Crippen LogP contribution >= 0.6 is 0 Å². The molecule has 4 heteroatoms. The second kappa shape index (κ2) is 5.58. The van der Waals surface area contributed by atoms with Crippen LogP contribution in [-0.2, 0) is 6.42 Å². The summed E-state index contributed by atoms with van der Waals surface area (Å²) >= 11 is 0. The first kappa shape index (κ1) is 13.6. The zero-order valence-corrected chi connectivity index (χ0v) is 11.1. The lowest BCUT2D eigenvalue weighted by atomic mass is 9.98. The highest BCUT2D eigenvalue weighted by atomic mass is 19.2. The lowest BCUT2D eigenvalue weighted by Crippen LogP contribution is -2.05. The van der Waals surface area contributed by atoms with E-state index in [2.05, 4.69) is 4.98 Å². The number of para-hydroxylation sites is 1. The van der Waals surface area contributed by atoms with Crippen molar-refractivity contribution in [1.82, 2.24) is 4.98 Å². The van der Waals surface area contributed by atoms with Gasteiger partial charge >= 0.3 is 0 Å². The summed E-state index contributed by atoms with van der Waals surface area (Å²) < 4.78 is 26.9. The van der Waals surface area contributed by atoms with Crippen LogP contribution in [0.25, 0.3) is 10.9 Å². The smallest absolute Gasteiger partial charge is 0.162 e. The van der Waals surface area contributed by atoms with Gasteiger partial charge in [0.1, 0.15) is 0 Å². The highest BCUT2D eigenvalue weighted by Crippen LogP contribution is 2.26. The first-order valence-corrected chi connectivity index (χ1v) is 6.61. The number of hydrogen-bond acceptors (Lipinski definition) is 2. The lowest BCUT2D eigenvalue weighted by Gasteiger charge is -2.14.